The molecule has 16 heavy (non-hydrogen) atoms. The monoisotopic (exact) mass is 233 g/mol. The van der Waals surface area contributed by atoms with E-state index in [-0.39, 0.29) is 6.04 Å². The molecule has 2 rings (SSSR count). The first-order valence-electron chi connectivity index (χ1n) is 5.27. The predicted molar refractivity (Wildman–Crippen MR) is 67.9 cm³/mol. The van der Waals surface area contributed by atoms with Gasteiger partial charge in [0, 0.05) is 17.3 Å². The number of hydrogen-bond acceptors (Lipinski definition) is 4. The fraction of sp³-hybridized carbons (Fsp3) is 0.333. The molecule has 0 aromatic carbocycles. The van der Waals surface area contributed by atoms with Gasteiger partial charge in [-0.25, -0.2) is 9.97 Å². The van der Waals surface area contributed by atoms with Gasteiger partial charge in [-0.2, -0.15) is 0 Å². The second-order valence-corrected chi connectivity index (χ2v) is 5.08. The van der Waals surface area contributed by atoms with E-state index in [4.69, 9.17) is 0 Å². The maximum Gasteiger partial charge on any atom is 0.129 e. The van der Waals surface area contributed by atoms with Gasteiger partial charge in [0.05, 0.1) is 11.0 Å². The van der Waals surface area contributed by atoms with Crippen molar-refractivity contribution in [3.63, 3.8) is 0 Å². The minimum Gasteiger partial charge on any atom is -0.362 e. The Labute approximate surface area is 99.6 Å². The molecule has 0 bridgehead atoms. The Morgan fingerprint density at radius 1 is 1.31 bits per heavy atom. The van der Waals surface area contributed by atoms with Crippen molar-refractivity contribution in [3.8, 4) is 0 Å². The van der Waals surface area contributed by atoms with Gasteiger partial charge in [0.1, 0.15) is 5.82 Å². The van der Waals surface area contributed by atoms with Crippen LogP contribution >= 0.6 is 11.3 Å². The number of anilines is 1. The van der Waals surface area contributed by atoms with Crippen LogP contribution in [0.3, 0.4) is 0 Å². The third kappa shape index (κ3) is 2.39. The van der Waals surface area contributed by atoms with Crippen molar-refractivity contribution in [2.45, 2.75) is 26.8 Å². The Morgan fingerprint density at radius 3 is 2.75 bits per heavy atom. The van der Waals surface area contributed by atoms with Crippen molar-refractivity contribution in [2.75, 3.05) is 5.32 Å². The lowest BCUT2D eigenvalue weighted by Gasteiger charge is -2.13. The molecule has 4 heteroatoms. The number of hydrogen-bond donors (Lipinski definition) is 1. The van der Waals surface area contributed by atoms with E-state index in [0.717, 1.165) is 16.4 Å². The fourth-order valence-corrected chi connectivity index (χ4v) is 2.28. The quantitative estimate of drug-likeness (QED) is 0.883. The van der Waals surface area contributed by atoms with Gasteiger partial charge in [-0.1, -0.05) is 6.07 Å². The highest BCUT2D eigenvalue weighted by atomic mass is 32.1. The van der Waals surface area contributed by atoms with Crippen LogP contribution in [0.1, 0.15) is 28.4 Å². The van der Waals surface area contributed by atoms with Gasteiger partial charge >= 0.3 is 0 Å². The molecule has 1 unspecified atom stereocenters. The molecular formula is C12H15N3S. The smallest absolute Gasteiger partial charge is 0.129 e. The summed E-state index contributed by atoms with van der Waals surface area (Å²) in [7, 11) is 0. The van der Waals surface area contributed by atoms with Gasteiger partial charge in [-0.05, 0) is 32.4 Å². The first-order valence-corrected chi connectivity index (χ1v) is 6.09. The van der Waals surface area contributed by atoms with Crippen LogP contribution in [-0.2, 0) is 0 Å². The molecule has 1 atom stereocenters. The van der Waals surface area contributed by atoms with Gasteiger partial charge in [-0.3, -0.25) is 0 Å². The van der Waals surface area contributed by atoms with Crippen LogP contribution in [0, 0.1) is 13.8 Å². The van der Waals surface area contributed by atoms with Gasteiger partial charge in [0.25, 0.3) is 0 Å². The average Bonchev–Trinajstić information content (AvgIpc) is 2.68. The molecule has 0 aliphatic carbocycles. The molecule has 0 aliphatic rings. The van der Waals surface area contributed by atoms with Crippen molar-refractivity contribution < 1.29 is 0 Å². The minimum absolute atomic E-state index is 0.250. The number of nitrogens with zero attached hydrogens (tertiary/aromatic N) is 2. The Bertz CT molecular complexity index is 479. The SMILES string of the molecule is Cc1ncc(C(C)Nc2ncccc2C)s1. The third-order valence-corrected chi connectivity index (χ3v) is 3.52. The summed E-state index contributed by atoms with van der Waals surface area (Å²) < 4.78 is 0. The van der Waals surface area contributed by atoms with E-state index in [9.17, 15) is 0 Å². The maximum absolute atomic E-state index is 4.32. The number of thiazole rings is 1. The zero-order valence-corrected chi connectivity index (χ0v) is 10.5. The predicted octanol–water partition coefficient (Wildman–Crippen LogP) is 3.33. The zero-order valence-electron chi connectivity index (χ0n) is 9.69. The molecule has 3 nitrogen and oxygen atoms in total. The number of rotatable bonds is 3. The molecular weight excluding hydrogens is 218 g/mol. The average molecular weight is 233 g/mol. The minimum atomic E-state index is 0.250. The second kappa shape index (κ2) is 4.61. The molecule has 2 aromatic heterocycles. The maximum atomic E-state index is 4.32. The highest BCUT2D eigenvalue weighted by molar-refractivity contribution is 7.11. The highest BCUT2D eigenvalue weighted by Gasteiger charge is 2.09. The lowest BCUT2D eigenvalue weighted by molar-refractivity contribution is 0.889. The van der Waals surface area contributed by atoms with Crippen LogP contribution in [0.4, 0.5) is 5.82 Å². The van der Waals surface area contributed by atoms with Gasteiger partial charge in [0.15, 0.2) is 0 Å². The molecule has 0 fully saturated rings. The summed E-state index contributed by atoms with van der Waals surface area (Å²) in [6.07, 6.45) is 3.73. The number of aryl methyl sites for hydroxylation is 2. The number of nitrogens with one attached hydrogen (secondary N) is 1. The van der Waals surface area contributed by atoms with E-state index in [2.05, 4.69) is 35.2 Å². The van der Waals surface area contributed by atoms with Crippen molar-refractivity contribution >= 4 is 17.2 Å². The van der Waals surface area contributed by atoms with Crippen molar-refractivity contribution in [3.05, 3.63) is 40.0 Å². The normalized spacial score (nSPS) is 12.4. The molecule has 0 saturated heterocycles. The van der Waals surface area contributed by atoms with E-state index in [1.165, 1.54) is 4.88 Å². The second-order valence-electron chi connectivity index (χ2n) is 3.82. The first kappa shape index (κ1) is 11.1. The molecule has 0 aliphatic heterocycles. The molecule has 0 spiro atoms. The van der Waals surface area contributed by atoms with E-state index in [0.29, 0.717) is 0 Å². The van der Waals surface area contributed by atoms with E-state index < -0.39 is 0 Å². The summed E-state index contributed by atoms with van der Waals surface area (Å²) in [5.41, 5.74) is 1.16. The van der Waals surface area contributed by atoms with Crippen molar-refractivity contribution in [1.82, 2.24) is 9.97 Å². The number of pyridine rings is 1. The first-order chi connectivity index (χ1) is 7.66. The fourth-order valence-electron chi connectivity index (χ4n) is 1.49. The zero-order chi connectivity index (χ0) is 11.5. The third-order valence-electron chi connectivity index (χ3n) is 2.43. The number of aromatic nitrogens is 2. The van der Waals surface area contributed by atoms with Crippen LogP contribution in [0.5, 0.6) is 0 Å². The lowest BCUT2D eigenvalue weighted by atomic mass is 10.2. The highest BCUT2D eigenvalue weighted by Crippen LogP contribution is 2.24. The summed E-state index contributed by atoms with van der Waals surface area (Å²) in [4.78, 5) is 9.82. The van der Waals surface area contributed by atoms with E-state index >= 15 is 0 Å². The molecule has 2 aromatic rings. The van der Waals surface area contributed by atoms with Crippen LogP contribution in [0.15, 0.2) is 24.5 Å². The van der Waals surface area contributed by atoms with Crippen LogP contribution in [-0.4, -0.2) is 9.97 Å². The summed E-state index contributed by atoms with van der Waals surface area (Å²) in [6.45, 7) is 6.20. The summed E-state index contributed by atoms with van der Waals surface area (Å²) in [6, 6.07) is 4.25. The van der Waals surface area contributed by atoms with Crippen LogP contribution in [0.25, 0.3) is 0 Å². The molecule has 0 radical (unpaired) electrons. The largest absolute Gasteiger partial charge is 0.362 e. The standard InChI is InChI=1S/C12H15N3S/c1-8-5-4-6-13-12(8)15-9(2)11-7-14-10(3)16-11/h4-7,9H,1-3H3,(H,13,15). The lowest BCUT2D eigenvalue weighted by Crippen LogP contribution is -2.07. The van der Waals surface area contributed by atoms with Crippen molar-refractivity contribution in [1.29, 1.82) is 0 Å². The van der Waals surface area contributed by atoms with Gasteiger partial charge in [0.2, 0.25) is 0 Å². The van der Waals surface area contributed by atoms with Crippen molar-refractivity contribution in [2.24, 2.45) is 0 Å². The summed E-state index contributed by atoms with van der Waals surface area (Å²) >= 11 is 1.72. The topological polar surface area (TPSA) is 37.8 Å². The molecule has 84 valence electrons. The Hall–Kier alpha value is -1.42. The molecule has 1 N–H and O–H groups in total. The summed E-state index contributed by atoms with van der Waals surface area (Å²) in [5.74, 6) is 0.945. The molecule has 0 saturated carbocycles. The van der Waals surface area contributed by atoms with E-state index in [1.807, 2.05) is 19.2 Å². The van der Waals surface area contributed by atoms with Gasteiger partial charge in [-0.15, -0.1) is 11.3 Å². The van der Waals surface area contributed by atoms with E-state index in [1.54, 1.807) is 17.5 Å². The molecule has 2 heterocycles. The van der Waals surface area contributed by atoms with Gasteiger partial charge < -0.3 is 5.32 Å². The van der Waals surface area contributed by atoms with Crippen LogP contribution < -0.4 is 5.32 Å². The van der Waals surface area contributed by atoms with Crippen LogP contribution in [0.2, 0.25) is 0 Å². The Morgan fingerprint density at radius 2 is 2.12 bits per heavy atom. The summed E-state index contributed by atoms with van der Waals surface area (Å²) in [5, 5.41) is 4.50. The Kier molecular flexibility index (Phi) is 3.19. The Balaban J connectivity index is 2.13. The molecule has 0 amide bonds.